The molecule has 0 amide bonds. The summed E-state index contributed by atoms with van der Waals surface area (Å²) in [7, 11) is -10.7. The second kappa shape index (κ2) is 4.72. The van der Waals surface area contributed by atoms with Gasteiger partial charge in [0.25, 0.3) is 0 Å². The van der Waals surface area contributed by atoms with Crippen molar-refractivity contribution in [3.05, 3.63) is 16.6 Å². The minimum absolute atomic E-state index is 1.19. The molecule has 0 fully saturated rings. The van der Waals surface area contributed by atoms with Gasteiger partial charge in [0.2, 0.25) is 5.51 Å². The SMILES string of the molecule is CCCC[n+]1cscc1C.F[P-](F)(F)(F)(F)F. The monoisotopic (exact) mass is 301 g/mol. The molecule has 0 bridgehead atoms. The zero-order valence-corrected chi connectivity index (χ0v) is 11.1. The van der Waals surface area contributed by atoms with Crippen molar-refractivity contribution in [1.82, 2.24) is 0 Å². The van der Waals surface area contributed by atoms with Crippen molar-refractivity contribution < 1.29 is 29.7 Å². The summed E-state index contributed by atoms with van der Waals surface area (Å²) < 4.78 is 61.5. The molecule has 1 rings (SSSR count). The average Bonchev–Trinajstić information content (AvgIpc) is 2.42. The zero-order chi connectivity index (χ0) is 13.8. The van der Waals surface area contributed by atoms with Gasteiger partial charge in [0, 0.05) is 13.3 Å². The van der Waals surface area contributed by atoms with Gasteiger partial charge < -0.3 is 0 Å². The van der Waals surface area contributed by atoms with Gasteiger partial charge in [-0.05, 0) is 0 Å². The number of hydrogen-bond acceptors (Lipinski definition) is 1. The zero-order valence-electron chi connectivity index (χ0n) is 9.35. The molecule has 1 aromatic heterocycles. The number of hydrogen-bond donors (Lipinski definition) is 0. The molecule has 0 saturated carbocycles. The van der Waals surface area contributed by atoms with Crippen molar-refractivity contribution >= 4 is 19.1 Å². The van der Waals surface area contributed by atoms with Crippen LogP contribution in [0.1, 0.15) is 25.5 Å². The quantitative estimate of drug-likeness (QED) is 0.393. The molecule has 0 saturated heterocycles. The van der Waals surface area contributed by atoms with Crippen molar-refractivity contribution in [2.75, 3.05) is 0 Å². The summed E-state index contributed by atoms with van der Waals surface area (Å²) in [5.41, 5.74) is 3.57. The maximum atomic E-state index is 9.87. The Balaban J connectivity index is 0.000000325. The van der Waals surface area contributed by atoms with Gasteiger partial charge >= 0.3 is 33.0 Å². The van der Waals surface area contributed by atoms with Crippen molar-refractivity contribution in [2.45, 2.75) is 33.2 Å². The predicted octanol–water partition coefficient (Wildman–Crippen LogP) is 5.53. The Labute approximate surface area is 99.3 Å². The second-order valence-electron chi connectivity index (χ2n) is 3.51. The Morgan fingerprint density at radius 2 is 1.65 bits per heavy atom. The van der Waals surface area contributed by atoms with Crippen LogP contribution in [0.5, 0.6) is 0 Å². The molecule has 0 aromatic carbocycles. The topological polar surface area (TPSA) is 3.88 Å². The van der Waals surface area contributed by atoms with E-state index in [9.17, 15) is 25.2 Å². The van der Waals surface area contributed by atoms with E-state index in [0.29, 0.717) is 0 Å². The van der Waals surface area contributed by atoms with Crippen LogP contribution in [-0.2, 0) is 6.54 Å². The molecule has 0 aliphatic rings. The van der Waals surface area contributed by atoms with E-state index in [2.05, 4.69) is 29.3 Å². The number of nitrogens with zero attached hydrogens (tertiary/aromatic N) is 1. The molecule has 1 nitrogen and oxygen atoms in total. The first kappa shape index (κ1) is 16.6. The van der Waals surface area contributed by atoms with Gasteiger partial charge in [-0.3, -0.25) is 0 Å². The van der Waals surface area contributed by atoms with Crippen molar-refractivity contribution in [3.8, 4) is 0 Å². The first-order valence-corrected chi connectivity index (χ1v) is 7.75. The van der Waals surface area contributed by atoms with E-state index in [1.54, 1.807) is 11.3 Å². The van der Waals surface area contributed by atoms with Gasteiger partial charge in [-0.2, -0.15) is 4.57 Å². The molecule has 0 unspecified atom stereocenters. The number of aryl methyl sites for hydroxylation is 2. The van der Waals surface area contributed by atoms with Crippen molar-refractivity contribution in [2.24, 2.45) is 0 Å². The molecular weight excluding hydrogens is 287 g/mol. The molecule has 0 N–H and O–H groups in total. The fraction of sp³-hybridized carbons (Fsp3) is 0.625. The number of thiazole rings is 1. The van der Waals surface area contributed by atoms with Crippen LogP contribution < -0.4 is 4.57 Å². The molecule has 104 valence electrons. The molecule has 0 atom stereocenters. The van der Waals surface area contributed by atoms with Crippen LogP contribution in [0, 0.1) is 6.92 Å². The summed E-state index contributed by atoms with van der Waals surface area (Å²) in [5.74, 6) is 0. The summed E-state index contributed by atoms with van der Waals surface area (Å²) >= 11 is 1.78. The van der Waals surface area contributed by atoms with Gasteiger partial charge in [0.05, 0.1) is 5.38 Å². The van der Waals surface area contributed by atoms with E-state index < -0.39 is 7.81 Å². The third-order valence-electron chi connectivity index (χ3n) is 1.63. The Kier molecular flexibility index (Phi) is 4.62. The number of rotatable bonds is 3. The normalized spacial score (nSPS) is 15.5. The van der Waals surface area contributed by atoms with Crippen molar-refractivity contribution in [3.63, 3.8) is 0 Å². The standard InChI is InChI=1S/C8H14NS.F6P/c1-3-4-5-9-7-10-6-8(9)2;1-7(2,3,4,5)6/h6-7H,3-5H2,1-2H3;/q+1;-1. The first-order chi connectivity index (χ1) is 7.29. The van der Waals surface area contributed by atoms with Gasteiger partial charge in [-0.15, -0.1) is 0 Å². The van der Waals surface area contributed by atoms with E-state index in [-0.39, 0.29) is 0 Å². The number of aromatic nitrogens is 1. The molecule has 0 aliphatic carbocycles. The van der Waals surface area contributed by atoms with Gasteiger partial charge in [0.15, 0.2) is 5.69 Å². The second-order valence-corrected chi connectivity index (χ2v) is 6.14. The minimum atomic E-state index is -10.7. The van der Waals surface area contributed by atoms with Crippen LogP contribution in [0.2, 0.25) is 0 Å². The fourth-order valence-corrected chi connectivity index (χ4v) is 1.72. The van der Waals surface area contributed by atoms with E-state index in [1.165, 1.54) is 25.1 Å². The molecule has 17 heavy (non-hydrogen) atoms. The van der Waals surface area contributed by atoms with Gasteiger partial charge in [0.1, 0.15) is 6.54 Å². The Bertz CT molecular complexity index is 345. The molecule has 1 aromatic rings. The average molecular weight is 301 g/mol. The van der Waals surface area contributed by atoms with E-state index in [4.69, 9.17) is 0 Å². The summed E-state index contributed by atoms with van der Waals surface area (Å²) in [4.78, 5) is 0. The van der Waals surface area contributed by atoms with Gasteiger partial charge in [-0.25, -0.2) is 0 Å². The summed E-state index contributed by atoms with van der Waals surface area (Å²) in [6.45, 7) is 5.57. The fourth-order valence-electron chi connectivity index (χ4n) is 0.911. The number of unbranched alkanes of at least 4 members (excludes halogenated alkanes) is 1. The van der Waals surface area contributed by atoms with Crippen LogP contribution in [0.4, 0.5) is 25.2 Å². The van der Waals surface area contributed by atoms with Crippen LogP contribution >= 0.6 is 19.1 Å². The van der Waals surface area contributed by atoms with Crippen LogP contribution in [0.3, 0.4) is 0 Å². The van der Waals surface area contributed by atoms with E-state index >= 15 is 0 Å². The molecular formula is C8H14F6NPS. The maximum absolute atomic E-state index is 10.7. The summed E-state index contributed by atoms with van der Waals surface area (Å²) in [6, 6.07) is 0. The third-order valence-corrected chi connectivity index (χ3v) is 2.49. The predicted molar refractivity (Wildman–Crippen MR) is 57.7 cm³/mol. The van der Waals surface area contributed by atoms with Gasteiger partial charge in [-0.1, -0.05) is 24.7 Å². The molecule has 0 spiro atoms. The Morgan fingerprint density at radius 1 is 1.18 bits per heavy atom. The number of halogens is 6. The molecule has 0 aliphatic heterocycles. The Hall–Kier alpha value is -0.360. The van der Waals surface area contributed by atoms with E-state index in [0.717, 1.165) is 0 Å². The van der Waals surface area contributed by atoms with Crippen molar-refractivity contribution in [1.29, 1.82) is 0 Å². The molecule has 0 radical (unpaired) electrons. The van der Waals surface area contributed by atoms with Crippen LogP contribution in [-0.4, -0.2) is 0 Å². The molecule has 9 heteroatoms. The third kappa shape index (κ3) is 15.6. The summed E-state index contributed by atoms with van der Waals surface area (Å²) in [6.07, 6.45) is 2.57. The first-order valence-electron chi connectivity index (χ1n) is 4.78. The Morgan fingerprint density at radius 3 is 1.94 bits per heavy atom. The summed E-state index contributed by atoms with van der Waals surface area (Å²) in [5, 5.41) is 2.19. The molecule has 1 heterocycles. The van der Waals surface area contributed by atoms with E-state index in [1.807, 2.05) is 0 Å². The van der Waals surface area contributed by atoms with Crippen LogP contribution in [0.15, 0.2) is 10.9 Å². The van der Waals surface area contributed by atoms with Crippen LogP contribution in [0.25, 0.3) is 0 Å².